The Balaban J connectivity index is 1.91. The van der Waals surface area contributed by atoms with Gasteiger partial charge in [-0.2, -0.15) is 4.80 Å². The van der Waals surface area contributed by atoms with Gasteiger partial charge in [0.25, 0.3) is 0 Å². The molecule has 90 valence electrons. The molecular weight excluding hydrogens is 226 g/mol. The van der Waals surface area contributed by atoms with Crippen LogP contribution in [0.4, 0.5) is 0 Å². The third kappa shape index (κ3) is 2.71. The number of nitrogens with one attached hydrogen (secondary N) is 1. The summed E-state index contributed by atoms with van der Waals surface area (Å²) in [6, 6.07) is 0. The van der Waals surface area contributed by atoms with Crippen molar-refractivity contribution in [3.8, 4) is 0 Å². The molecule has 0 radical (unpaired) electrons. The van der Waals surface area contributed by atoms with Crippen LogP contribution in [0, 0.1) is 0 Å². The van der Waals surface area contributed by atoms with Crippen LogP contribution >= 0.6 is 11.6 Å². The number of nitrogens with zero attached hydrogens (tertiary/aromatic N) is 4. The van der Waals surface area contributed by atoms with E-state index in [0.717, 1.165) is 18.7 Å². The predicted molar refractivity (Wildman–Crippen MR) is 62.2 cm³/mol. The quantitative estimate of drug-likeness (QED) is 0.809. The minimum atomic E-state index is 0.0823. The Morgan fingerprint density at radius 1 is 1.38 bits per heavy atom. The van der Waals surface area contributed by atoms with E-state index in [4.69, 9.17) is 11.6 Å². The average Bonchev–Trinajstić information content (AvgIpc) is 2.74. The van der Waals surface area contributed by atoms with Crippen molar-refractivity contribution >= 4 is 11.6 Å². The van der Waals surface area contributed by atoms with Crippen molar-refractivity contribution in [2.45, 2.75) is 44.2 Å². The van der Waals surface area contributed by atoms with Gasteiger partial charge >= 0.3 is 0 Å². The number of hydrogen-bond acceptors (Lipinski definition) is 4. The highest BCUT2D eigenvalue weighted by molar-refractivity contribution is 6.18. The van der Waals surface area contributed by atoms with Crippen LogP contribution in [0.3, 0.4) is 0 Å². The molecule has 1 aromatic rings. The molecule has 1 aliphatic carbocycles. The van der Waals surface area contributed by atoms with Gasteiger partial charge in [0.15, 0.2) is 5.82 Å². The Morgan fingerprint density at radius 3 is 2.69 bits per heavy atom. The first-order chi connectivity index (χ1) is 7.74. The number of aryl methyl sites for hydroxylation is 1. The normalized spacial score (nSPS) is 19.9. The highest BCUT2D eigenvalue weighted by atomic mass is 35.5. The topological polar surface area (TPSA) is 55.6 Å². The van der Waals surface area contributed by atoms with Crippen LogP contribution in [0.2, 0.25) is 0 Å². The molecule has 1 heterocycles. The van der Waals surface area contributed by atoms with Crippen LogP contribution < -0.4 is 5.32 Å². The summed E-state index contributed by atoms with van der Waals surface area (Å²) >= 11 is 6.08. The first-order valence-corrected chi connectivity index (χ1v) is 6.31. The van der Waals surface area contributed by atoms with E-state index in [0.29, 0.717) is 12.4 Å². The van der Waals surface area contributed by atoms with Crippen molar-refractivity contribution < 1.29 is 0 Å². The zero-order valence-electron chi connectivity index (χ0n) is 9.62. The summed E-state index contributed by atoms with van der Waals surface area (Å²) in [5, 5.41) is 15.4. The number of rotatable bonds is 4. The molecule has 6 heteroatoms. The summed E-state index contributed by atoms with van der Waals surface area (Å²) in [4.78, 5) is 1.48. The van der Waals surface area contributed by atoms with E-state index in [9.17, 15) is 0 Å². The monoisotopic (exact) mass is 243 g/mol. The lowest BCUT2D eigenvalue weighted by molar-refractivity contribution is 0.254. The Morgan fingerprint density at radius 2 is 2.12 bits per heavy atom. The van der Waals surface area contributed by atoms with Gasteiger partial charge < -0.3 is 5.32 Å². The first kappa shape index (κ1) is 11.8. The van der Waals surface area contributed by atoms with Crippen LogP contribution in [0.5, 0.6) is 0 Å². The molecule has 2 rings (SSSR count). The summed E-state index contributed by atoms with van der Waals surface area (Å²) in [6.45, 7) is 0.653. The van der Waals surface area contributed by atoms with Crippen LogP contribution in [-0.2, 0) is 13.6 Å². The zero-order chi connectivity index (χ0) is 11.4. The maximum absolute atomic E-state index is 6.08. The second-order valence-corrected chi connectivity index (χ2v) is 4.79. The van der Waals surface area contributed by atoms with Crippen LogP contribution in [-0.4, -0.2) is 31.6 Å². The lowest BCUT2D eigenvalue weighted by Gasteiger charge is -2.36. The van der Waals surface area contributed by atoms with Gasteiger partial charge in [-0.05, 0) is 18.1 Å². The number of aromatic nitrogens is 4. The molecule has 0 spiro atoms. The van der Waals surface area contributed by atoms with E-state index < -0.39 is 0 Å². The minimum absolute atomic E-state index is 0.0823. The molecular formula is C10H18ClN5. The Hall–Kier alpha value is -0.680. The average molecular weight is 244 g/mol. The summed E-state index contributed by atoms with van der Waals surface area (Å²) < 4.78 is 0. The lowest BCUT2D eigenvalue weighted by atomic mass is 9.83. The molecule has 1 fully saturated rings. The second-order valence-electron chi connectivity index (χ2n) is 4.52. The SMILES string of the molecule is Cn1nnc(CNC2(CCl)CCCCC2)n1. The second kappa shape index (κ2) is 5.10. The van der Waals surface area contributed by atoms with Crippen molar-refractivity contribution in [3.05, 3.63) is 5.82 Å². The van der Waals surface area contributed by atoms with Crippen LogP contribution in [0.25, 0.3) is 0 Å². The molecule has 5 nitrogen and oxygen atoms in total. The fourth-order valence-electron chi connectivity index (χ4n) is 2.25. The van der Waals surface area contributed by atoms with Crippen molar-refractivity contribution in [2.75, 3.05) is 5.88 Å². The summed E-state index contributed by atoms with van der Waals surface area (Å²) in [5.74, 6) is 1.39. The van der Waals surface area contributed by atoms with Crippen molar-refractivity contribution in [3.63, 3.8) is 0 Å². The van der Waals surface area contributed by atoms with Gasteiger partial charge in [-0.25, -0.2) is 0 Å². The molecule has 1 aromatic heterocycles. The van der Waals surface area contributed by atoms with Crippen LogP contribution in [0.15, 0.2) is 0 Å². The van der Waals surface area contributed by atoms with Gasteiger partial charge in [-0.3, -0.25) is 0 Å². The molecule has 0 saturated heterocycles. The molecule has 0 aromatic carbocycles. The smallest absolute Gasteiger partial charge is 0.188 e. The minimum Gasteiger partial charge on any atom is -0.303 e. The number of tetrazole rings is 1. The third-order valence-electron chi connectivity index (χ3n) is 3.24. The van der Waals surface area contributed by atoms with E-state index in [1.54, 1.807) is 7.05 Å². The third-order valence-corrected chi connectivity index (χ3v) is 3.75. The summed E-state index contributed by atoms with van der Waals surface area (Å²) in [7, 11) is 1.77. The molecule has 0 atom stereocenters. The molecule has 0 amide bonds. The first-order valence-electron chi connectivity index (χ1n) is 5.78. The number of alkyl halides is 1. The van der Waals surface area contributed by atoms with E-state index in [1.165, 1.54) is 24.1 Å². The molecule has 0 aliphatic heterocycles. The van der Waals surface area contributed by atoms with Crippen LogP contribution in [0.1, 0.15) is 37.9 Å². The van der Waals surface area contributed by atoms with Gasteiger partial charge in [-0.15, -0.1) is 21.8 Å². The maximum Gasteiger partial charge on any atom is 0.188 e. The lowest BCUT2D eigenvalue weighted by Crippen LogP contribution is -2.48. The van der Waals surface area contributed by atoms with E-state index in [1.807, 2.05) is 0 Å². The van der Waals surface area contributed by atoms with Gasteiger partial charge in [-0.1, -0.05) is 19.3 Å². The summed E-state index contributed by atoms with van der Waals surface area (Å²) in [6.07, 6.45) is 6.14. The zero-order valence-corrected chi connectivity index (χ0v) is 10.4. The fourth-order valence-corrected chi connectivity index (χ4v) is 2.61. The standard InChI is InChI=1S/C10H18ClN5/c1-16-14-9(13-15-16)7-12-10(8-11)5-3-2-4-6-10/h12H,2-8H2,1H3. The Bertz CT molecular complexity index is 332. The van der Waals surface area contributed by atoms with E-state index >= 15 is 0 Å². The van der Waals surface area contributed by atoms with E-state index in [-0.39, 0.29) is 5.54 Å². The molecule has 1 aliphatic rings. The number of halogens is 1. The van der Waals surface area contributed by atoms with Crippen molar-refractivity contribution in [1.82, 2.24) is 25.5 Å². The molecule has 16 heavy (non-hydrogen) atoms. The van der Waals surface area contributed by atoms with Crippen molar-refractivity contribution in [1.29, 1.82) is 0 Å². The van der Waals surface area contributed by atoms with Gasteiger partial charge in [0, 0.05) is 11.4 Å². The number of hydrogen-bond donors (Lipinski definition) is 1. The Labute approximate surface area is 101 Å². The molecule has 1 saturated carbocycles. The highest BCUT2D eigenvalue weighted by Gasteiger charge is 2.30. The maximum atomic E-state index is 6.08. The molecule has 0 unspecified atom stereocenters. The Kier molecular flexibility index (Phi) is 3.76. The molecule has 1 N–H and O–H groups in total. The van der Waals surface area contributed by atoms with Crippen molar-refractivity contribution in [2.24, 2.45) is 7.05 Å². The molecule has 0 bridgehead atoms. The van der Waals surface area contributed by atoms with Gasteiger partial charge in [0.05, 0.1) is 13.6 Å². The fraction of sp³-hybridized carbons (Fsp3) is 0.900. The van der Waals surface area contributed by atoms with Gasteiger partial charge in [0.1, 0.15) is 0 Å². The van der Waals surface area contributed by atoms with Gasteiger partial charge in [0.2, 0.25) is 0 Å². The largest absolute Gasteiger partial charge is 0.303 e. The van der Waals surface area contributed by atoms with E-state index in [2.05, 4.69) is 20.7 Å². The predicted octanol–water partition coefficient (Wildman–Crippen LogP) is 1.24. The highest BCUT2D eigenvalue weighted by Crippen LogP contribution is 2.29. The summed E-state index contributed by atoms with van der Waals surface area (Å²) in [5.41, 5.74) is 0.0823.